The van der Waals surface area contributed by atoms with Gasteiger partial charge < -0.3 is 14.6 Å². The number of tetrazole rings is 1. The van der Waals surface area contributed by atoms with Crippen molar-refractivity contribution in [2.45, 2.75) is 32.0 Å². The highest BCUT2D eigenvalue weighted by Gasteiger charge is 2.25. The Balaban J connectivity index is 1.88. The molecule has 0 radical (unpaired) electrons. The van der Waals surface area contributed by atoms with Gasteiger partial charge in [0.05, 0.1) is 20.3 Å². The SMILES string of the molecule is COc1cc2c(cc1C(O)Cc1nnn(C)n1)OC(C)C2. The van der Waals surface area contributed by atoms with E-state index < -0.39 is 6.10 Å². The van der Waals surface area contributed by atoms with Gasteiger partial charge in [-0.25, -0.2) is 0 Å². The quantitative estimate of drug-likeness (QED) is 0.897. The van der Waals surface area contributed by atoms with Gasteiger partial charge in [0.2, 0.25) is 0 Å². The molecule has 0 saturated carbocycles. The molecule has 0 bridgehead atoms. The fourth-order valence-electron chi connectivity index (χ4n) is 2.58. The summed E-state index contributed by atoms with van der Waals surface area (Å²) in [6.45, 7) is 2.02. The molecule has 2 unspecified atom stereocenters. The molecule has 2 atom stereocenters. The number of hydrogen-bond acceptors (Lipinski definition) is 6. The van der Waals surface area contributed by atoms with E-state index in [4.69, 9.17) is 9.47 Å². The highest BCUT2D eigenvalue weighted by atomic mass is 16.5. The molecular weight excluding hydrogens is 272 g/mol. The highest BCUT2D eigenvalue weighted by Crippen LogP contribution is 2.38. The number of ether oxygens (including phenoxy) is 2. The number of nitrogens with zero attached hydrogens (tertiary/aromatic N) is 4. The highest BCUT2D eigenvalue weighted by molar-refractivity contribution is 5.49. The van der Waals surface area contributed by atoms with E-state index in [1.54, 1.807) is 14.2 Å². The largest absolute Gasteiger partial charge is 0.496 e. The third kappa shape index (κ3) is 2.69. The molecule has 1 aromatic heterocycles. The molecular formula is C14H18N4O3. The lowest BCUT2D eigenvalue weighted by Crippen LogP contribution is -2.07. The first kappa shape index (κ1) is 13.8. The number of rotatable bonds is 4. The third-order valence-electron chi connectivity index (χ3n) is 3.53. The van der Waals surface area contributed by atoms with Gasteiger partial charge in [-0.15, -0.1) is 10.2 Å². The van der Waals surface area contributed by atoms with Gasteiger partial charge in [0.15, 0.2) is 5.82 Å². The molecule has 1 aliphatic rings. The second kappa shape index (κ2) is 5.33. The van der Waals surface area contributed by atoms with E-state index in [-0.39, 0.29) is 12.5 Å². The van der Waals surface area contributed by atoms with Crippen molar-refractivity contribution in [2.24, 2.45) is 7.05 Å². The van der Waals surface area contributed by atoms with Crippen molar-refractivity contribution in [1.82, 2.24) is 20.2 Å². The second-order valence-electron chi connectivity index (χ2n) is 5.25. The van der Waals surface area contributed by atoms with E-state index in [0.29, 0.717) is 17.1 Å². The summed E-state index contributed by atoms with van der Waals surface area (Å²) in [5.74, 6) is 1.95. The van der Waals surface area contributed by atoms with E-state index in [1.807, 2.05) is 19.1 Å². The summed E-state index contributed by atoms with van der Waals surface area (Å²) in [5, 5.41) is 22.2. The minimum Gasteiger partial charge on any atom is -0.496 e. The first-order chi connectivity index (χ1) is 10.1. The molecule has 112 valence electrons. The lowest BCUT2D eigenvalue weighted by molar-refractivity contribution is 0.170. The van der Waals surface area contributed by atoms with Crippen LogP contribution in [0.3, 0.4) is 0 Å². The van der Waals surface area contributed by atoms with E-state index in [1.165, 1.54) is 4.80 Å². The van der Waals surface area contributed by atoms with Crippen molar-refractivity contribution in [1.29, 1.82) is 0 Å². The zero-order valence-electron chi connectivity index (χ0n) is 12.3. The first-order valence-electron chi connectivity index (χ1n) is 6.85. The van der Waals surface area contributed by atoms with E-state index >= 15 is 0 Å². The maximum absolute atomic E-state index is 10.4. The number of aliphatic hydroxyl groups is 1. The minimum atomic E-state index is -0.769. The molecule has 7 nitrogen and oxygen atoms in total. The van der Waals surface area contributed by atoms with Crippen LogP contribution in [0.4, 0.5) is 0 Å². The van der Waals surface area contributed by atoms with Gasteiger partial charge in [-0.2, -0.15) is 4.80 Å². The molecule has 0 aliphatic carbocycles. The lowest BCUT2D eigenvalue weighted by Gasteiger charge is -2.15. The van der Waals surface area contributed by atoms with Crippen LogP contribution in [0.1, 0.15) is 30.0 Å². The molecule has 2 aromatic rings. The van der Waals surface area contributed by atoms with Crippen LogP contribution in [0.5, 0.6) is 11.5 Å². The average Bonchev–Trinajstić information content (AvgIpc) is 3.01. The molecule has 1 aromatic carbocycles. The van der Waals surface area contributed by atoms with Gasteiger partial charge in [0.25, 0.3) is 0 Å². The van der Waals surface area contributed by atoms with Crippen molar-refractivity contribution in [2.75, 3.05) is 7.11 Å². The molecule has 21 heavy (non-hydrogen) atoms. The summed E-state index contributed by atoms with van der Waals surface area (Å²) in [5.41, 5.74) is 1.78. The normalized spacial score (nSPS) is 18.2. The van der Waals surface area contributed by atoms with Crippen LogP contribution in [0.25, 0.3) is 0 Å². The fourth-order valence-corrected chi connectivity index (χ4v) is 2.58. The zero-order valence-corrected chi connectivity index (χ0v) is 12.3. The van der Waals surface area contributed by atoms with Crippen molar-refractivity contribution < 1.29 is 14.6 Å². The van der Waals surface area contributed by atoms with E-state index in [2.05, 4.69) is 15.4 Å². The summed E-state index contributed by atoms with van der Waals surface area (Å²) in [6.07, 6.45) is 0.513. The van der Waals surface area contributed by atoms with Gasteiger partial charge in [-0.05, 0) is 24.3 Å². The molecule has 2 heterocycles. The number of fused-ring (bicyclic) bond motifs is 1. The number of hydrogen-bond donors (Lipinski definition) is 1. The van der Waals surface area contributed by atoms with Gasteiger partial charge in [-0.1, -0.05) is 0 Å². The summed E-state index contributed by atoms with van der Waals surface area (Å²) in [4.78, 5) is 1.37. The Hall–Kier alpha value is -2.15. The maximum atomic E-state index is 10.4. The summed E-state index contributed by atoms with van der Waals surface area (Å²) in [7, 11) is 3.28. The predicted octanol–water partition coefficient (Wildman–Crippen LogP) is 0.818. The Labute approximate surface area is 122 Å². The predicted molar refractivity (Wildman–Crippen MR) is 74.2 cm³/mol. The lowest BCUT2D eigenvalue weighted by atomic mass is 10.0. The smallest absolute Gasteiger partial charge is 0.177 e. The summed E-state index contributed by atoms with van der Waals surface area (Å²) < 4.78 is 11.1. The van der Waals surface area contributed by atoms with Crippen LogP contribution < -0.4 is 9.47 Å². The van der Waals surface area contributed by atoms with Crippen LogP contribution in [0, 0.1) is 0 Å². The molecule has 0 amide bonds. The number of aromatic nitrogens is 4. The van der Waals surface area contributed by atoms with Crippen molar-refractivity contribution in [3.05, 3.63) is 29.1 Å². The van der Waals surface area contributed by atoms with Crippen LogP contribution in [0.2, 0.25) is 0 Å². The fraction of sp³-hybridized carbons (Fsp3) is 0.500. The molecule has 0 fully saturated rings. The Morgan fingerprint density at radius 3 is 3.00 bits per heavy atom. The van der Waals surface area contributed by atoms with Gasteiger partial charge >= 0.3 is 0 Å². The summed E-state index contributed by atoms with van der Waals surface area (Å²) in [6, 6.07) is 3.78. The van der Waals surface area contributed by atoms with Gasteiger partial charge in [0.1, 0.15) is 17.6 Å². The first-order valence-corrected chi connectivity index (χ1v) is 6.85. The zero-order chi connectivity index (χ0) is 15.0. The number of methoxy groups -OCH3 is 1. The van der Waals surface area contributed by atoms with Crippen molar-refractivity contribution in [3.8, 4) is 11.5 Å². The summed E-state index contributed by atoms with van der Waals surface area (Å²) >= 11 is 0. The average molecular weight is 290 g/mol. The topological polar surface area (TPSA) is 82.3 Å². The van der Waals surface area contributed by atoms with Gasteiger partial charge in [-0.3, -0.25) is 0 Å². The molecule has 1 aliphatic heterocycles. The monoisotopic (exact) mass is 290 g/mol. The standard InChI is InChI=1S/C14H18N4O3/c1-8-4-9-5-13(20-3)10(6-12(9)21-8)11(19)7-14-15-17-18(2)16-14/h5-6,8,11,19H,4,7H2,1-3H3. The molecule has 0 spiro atoms. The van der Waals surface area contributed by atoms with Gasteiger partial charge in [0, 0.05) is 24.0 Å². The molecule has 7 heteroatoms. The van der Waals surface area contributed by atoms with Crippen LogP contribution >= 0.6 is 0 Å². The number of aryl methyl sites for hydroxylation is 1. The van der Waals surface area contributed by atoms with Crippen molar-refractivity contribution in [3.63, 3.8) is 0 Å². The molecule has 3 rings (SSSR count). The van der Waals surface area contributed by atoms with Crippen LogP contribution in [-0.4, -0.2) is 38.5 Å². The maximum Gasteiger partial charge on any atom is 0.177 e. The van der Waals surface area contributed by atoms with Crippen LogP contribution in [-0.2, 0) is 19.9 Å². The Bertz CT molecular complexity index is 656. The Kier molecular flexibility index (Phi) is 3.50. The minimum absolute atomic E-state index is 0.152. The Morgan fingerprint density at radius 1 is 1.52 bits per heavy atom. The second-order valence-corrected chi connectivity index (χ2v) is 5.25. The molecule has 0 saturated heterocycles. The molecule has 1 N–H and O–H groups in total. The third-order valence-corrected chi connectivity index (χ3v) is 3.53. The Morgan fingerprint density at radius 2 is 2.33 bits per heavy atom. The number of benzene rings is 1. The number of aliphatic hydroxyl groups excluding tert-OH is 1. The van der Waals surface area contributed by atoms with Crippen LogP contribution in [0.15, 0.2) is 12.1 Å². The van der Waals surface area contributed by atoms with E-state index in [9.17, 15) is 5.11 Å². The van der Waals surface area contributed by atoms with Crippen molar-refractivity contribution >= 4 is 0 Å². The van der Waals surface area contributed by atoms with E-state index in [0.717, 1.165) is 17.7 Å².